The fourth-order valence-electron chi connectivity index (χ4n) is 3.86. The molecule has 0 heterocycles. The molecule has 2 atom stereocenters. The molecule has 36 heavy (non-hydrogen) atoms. The topological polar surface area (TPSA) is 124 Å². The molecule has 0 aromatic heterocycles. The van der Waals surface area contributed by atoms with Crippen molar-refractivity contribution in [3.05, 3.63) is 0 Å². The van der Waals surface area contributed by atoms with Crippen LogP contribution in [0.25, 0.3) is 0 Å². The van der Waals surface area contributed by atoms with Crippen LogP contribution in [0.1, 0.15) is 116 Å². The Morgan fingerprint density at radius 1 is 0.694 bits per heavy atom. The minimum Gasteiger partial charge on any atom is -0.379 e. The first-order valence-corrected chi connectivity index (χ1v) is 16.9. The van der Waals surface area contributed by atoms with E-state index >= 15 is 0 Å². The smallest absolute Gasteiger partial charge is 0.325 e. The first-order chi connectivity index (χ1) is 17.4. The van der Waals surface area contributed by atoms with E-state index in [0.717, 1.165) is 12.8 Å². The zero-order valence-corrected chi connectivity index (χ0v) is 24.5. The van der Waals surface area contributed by atoms with Crippen LogP contribution < -0.4 is 5.73 Å². The summed E-state index contributed by atoms with van der Waals surface area (Å²) in [5, 5.41) is 17.8. The number of aliphatic hydroxyl groups excluding tert-OH is 1. The highest BCUT2D eigenvalue weighted by Gasteiger charge is 2.22. The van der Waals surface area contributed by atoms with Gasteiger partial charge in [-0.1, -0.05) is 90.4 Å². The van der Waals surface area contributed by atoms with Gasteiger partial charge in [0.25, 0.3) is 0 Å². The second-order valence-electron chi connectivity index (χ2n) is 9.54. The zero-order chi connectivity index (χ0) is 26.7. The Hall–Kier alpha value is 0.330. The quantitative estimate of drug-likeness (QED) is 0.0532. The van der Waals surface area contributed by atoms with Crippen LogP contribution in [0.3, 0.4) is 0 Å². The van der Waals surface area contributed by atoms with Crippen molar-refractivity contribution in [2.45, 2.75) is 128 Å². The summed E-state index contributed by atoms with van der Waals surface area (Å²) < 4.78 is 22.2. The minimum absolute atomic E-state index is 0.130. The Morgan fingerprint density at radius 3 is 1.58 bits per heavy atom. The van der Waals surface area contributed by atoms with Gasteiger partial charge in [0.2, 0.25) is 0 Å². The largest absolute Gasteiger partial charge is 0.379 e. The lowest BCUT2D eigenvalue weighted by Gasteiger charge is -2.23. The molecule has 0 saturated carbocycles. The number of unbranched alkanes of at least 4 members (excludes halogenated alkanes) is 14. The first-order valence-electron chi connectivity index (χ1n) is 14.3. The Labute approximate surface area is 225 Å². The molecular formula is C26H56NO7PS. The maximum atomic E-state index is 10.2. The predicted octanol–water partition coefficient (Wildman–Crippen LogP) is 5.56. The Balaban J connectivity index is 3.85. The fraction of sp³-hybridized carbons (Fsp3) is 1.00. The summed E-state index contributed by atoms with van der Waals surface area (Å²) in [6.07, 6.45) is 18.3. The summed E-state index contributed by atoms with van der Waals surface area (Å²) in [7, 11) is 0. The van der Waals surface area contributed by atoms with Gasteiger partial charge in [-0.05, 0) is 37.5 Å². The van der Waals surface area contributed by atoms with Crippen molar-refractivity contribution in [1.82, 2.24) is 0 Å². The SMILES string of the molecule is CCCCCCCCCCCCCCCCOCC(COCCCCC(O)O)OP(O)(=S)OCCN. The third kappa shape index (κ3) is 27.4. The standard InChI is InChI=1S/C26H56NO7PS/c1-2-3-4-5-6-7-8-9-10-11-12-13-14-16-20-31-23-25(34-35(30,36)33-22-19-27)24-32-21-17-15-18-26(28)29/h25-26,28-29H,2-24,27H2,1H3,(H,30,36). The van der Waals surface area contributed by atoms with Gasteiger partial charge in [-0.3, -0.25) is 0 Å². The third-order valence-electron chi connectivity index (χ3n) is 5.91. The molecule has 0 amide bonds. The highest BCUT2D eigenvalue weighted by molar-refractivity contribution is 8.07. The predicted molar refractivity (Wildman–Crippen MR) is 150 cm³/mol. The molecule has 5 N–H and O–H groups in total. The molecule has 10 heteroatoms. The molecule has 8 nitrogen and oxygen atoms in total. The molecule has 0 aromatic carbocycles. The van der Waals surface area contributed by atoms with E-state index in [4.69, 9.17) is 46.3 Å². The second kappa shape index (κ2) is 26.9. The maximum absolute atomic E-state index is 10.2. The summed E-state index contributed by atoms with van der Waals surface area (Å²) in [6, 6.07) is 0. The molecule has 0 saturated heterocycles. The van der Waals surface area contributed by atoms with Gasteiger partial charge in [-0.25, -0.2) is 0 Å². The van der Waals surface area contributed by atoms with Crippen molar-refractivity contribution in [2.24, 2.45) is 5.73 Å². The van der Waals surface area contributed by atoms with Gasteiger partial charge in [0.1, 0.15) is 6.10 Å². The Kier molecular flexibility index (Phi) is 27.2. The summed E-state index contributed by atoms with van der Waals surface area (Å²) in [4.78, 5) is 10.2. The van der Waals surface area contributed by atoms with Crippen molar-refractivity contribution in [2.75, 3.05) is 39.6 Å². The molecular weight excluding hydrogens is 501 g/mol. The number of ether oxygens (including phenoxy) is 2. The molecule has 0 rings (SSSR count). The van der Waals surface area contributed by atoms with E-state index in [0.29, 0.717) is 32.5 Å². The van der Waals surface area contributed by atoms with E-state index in [2.05, 4.69) is 6.92 Å². The van der Waals surface area contributed by atoms with Crippen LogP contribution in [0.5, 0.6) is 0 Å². The average Bonchev–Trinajstić information content (AvgIpc) is 2.84. The summed E-state index contributed by atoms with van der Waals surface area (Å²) in [6.45, 7) is 0.790. The van der Waals surface area contributed by atoms with Crippen LogP contribution in [0.4, 0.5) is 0 Å². The van der Waals surface area contributed by atoms with Gasteiger partial charge in [0, 0.05) is 19.8 Å². The zero-order valence-electron chi connectivity index (χ0n) is 22.8. The number of rotatable bonds is 29. The van der Waals surface area contributed by atoms with E-state index < -0.39 is 19.1 Å². The van der Waals surface area contributed by atoms with Crippen LogP contribution in [-0.4, -0.2) is 67.1 Å². The summed E-state index contributed by atoms with van der Waals surface area (Å²) in [5.41, 5.74) is 5.41. The normalized spacial score (nSPS) is 14.4. The highest BCUT2D eigenvalue weighted by atomic mass is 32.5. The van der Waals surface area contributed by atoms with Crippen LogP contribution in [-0.2, 0) is 30.3 Å². The van der Waals surface area contributed by atoms with Gasteiger partial charge in [0.15, 0.2) is 6.29 Å². The monoisotopic (exact) mass is 557 g/mol. The lowest BCUT2D eigenvalue weighted by Crippen LogP contribution is -2.26. The maximum Gasteiger partial charge on any atom is 0.325 e. The fourth-order valence-corrected chi connectivity index (χ4v) is 5.34. The summed E-state index contributed by atoms with van der Waals surface area (Å²) in [5.74, 6) is 0. The number of aliphatic hydroxyl groups is 2. The Morgan fingerprint density at radius 2 is 1.14 bits per heavy atom. The van der Waals surface area contributed by atoms with Gasteiger partial charge < -0.3 is 39.4 Å². The van der Waals surface area contributed by atoms with Gasteiger partial charge in [-0.2, -0.15) is 0 Å². The van der Waals surface area contributed by atoms with Crippen molar-refractivity contribution in [1.29, 1.82) is 0 Å². The van der Waals surface area contributed by atoms with Gasteiger partial charge >= 0.3 is 6.72 Å². The van der Waals surface area contributed by atoms with E-state index in [-0.39, 0.29) is 26.4 Å². The molecule has 0 radical (unpaired) electrons. The molecule has 0 fully saturated rings. The molecule has 0 aliphatic heterocycles. The molecule has 2 unspecified atom stereocenters. The van der Waals surface area contributed by atoms with E-state index in [1.165, 1.54) is 77.0 Å². The van der Waals surface area contributed by atoms with E-state index in [1.807, 2.05) is 0 Å². The minimum atomic E-state index is -3.40. The molecule has 0 aliphatic carbocycles. The molecule has 0 spiro atoms. The third-order valence-corrected chi connectivity index (χ3v) is 7.55. The van der Waals surface area contributed by atoms with Crippen LogP contribution in [0, 0.1) is 0 Å². The Bertz CT molecular complexity index is 503. The van der Waals surface area contributed by atoms with Gasteiger partial charge in [-0.15, -0.1) is 0 Å². The van der Waals surface area contributed by atoms with Crippen molar-refractivity contribution >= 4 is 18.5 Å². The van der Waals surface area contributed by atoms with Crippen LogP contribution in [0.2, 0.25) is 0 Å². The number of hydrogen-bond donors (Lipinski definition) is 4. The van der Waals surface area contributed by atoms with Gasteiger partial charge in [0.05, 0.1) is 19.8 Å². The van der Waals surface area contributed by atoms with Crippen LogP contribution >= 0.6 is 6.72 Å². The molecule has 218 valence electrons. The van der Waals surface area contributed by atoms with Crippen molar-refractivity contribution < 1.29 is 33.6 Å². The first kappa shape index (κ1) is 36.3. The summed E-state index contributed by atoms with van der Waals surface area (Å²) >= 11 is 5.05. The lowest BCUT2D eigenvalue weighted by atomic mass is 10.0. The molecule has 0 aliphatic rings. The highest BCUT2D eigenvalue weighted by Crippen LogP contribution is 2.44. The lowest BCUT2D eigenvalue weighted by molar-refractivity contribution is -0.0488. The van der Waals surface area contributed by atoms with E-state index in [9.17, 15) is 4.89 Å². The van der Waals surface area contributed by atoms with E-state index in [1.54, 1.807) is 0 Å². The van der Waals surface area contributed by atoms with Crippen molar-refractivity contribution in [3.8, 4) is 0 Å². The number of nitrogens with two attached hydrogens (primary N) is 1. The van der Waals surface area contributed by atoms with Crippen LogP contribution in [0.15, 0.2) is 0 Å². The second-order valence-corrected chi connectivity index (χ2v) is 12.3. The average molecular weight is 558 g/mol. The molecule has 0 aromatic rings. The van der Waals surface area contributed by atoms with Crippen molar-refractivity contribution in [3.63, 3.8) is 0 Å². The molecule has 0 bridgehead atoms. The number of hydrogen-bond acceptors (Lipinski definition) is 8.